The predicted octanol–water partition coefficient (Wildman–Crippen LogP) is -0.944. The molecule has 2 heterocycles. The highest BCUT2D eigenvalue weighted by Gasteiger charge is 2.36. The van der Waals surface area contributed by atoms with Crippen LogP contribution in [0.15, 0.2) is 0 Å². The number of likely N-dealkylation sites (N-methyl/N-ethyl adjacent to an activating group) is 1. The van der Waals surface area contributed by atoms with Gasteiger partial charge in [0.1, 0.15) is 0 Å². The van der Waals surface area contributed by atoms with Gasteiger partial charge in [0.15, 0.2) is 0 Å². The van der Waals surface area contributed by atoms with Crippen LogP contribution in [0.5, 0.6) is 0 Å². The minimum absolute atomic E-state index is 0.0635. The first-order chi connectivity index (χ1) is 8.72. The third kappa shape index (κ3) is 3.07. The quantitative estimate of drug-likeness (QED) is 0.642. The molecule has 2 aliphatic rings. The fraction of sp³-hybridized carbons (Fsp3) is 0.833. The molecular weight excluding hydrogens is 234 g/mol. The van der Waals surface area contributed by atoms with Crippen LogP contribution >= 0.6 is 0 Å². The molecule has 102 valence electrons. The Labute approximate surface area is 107 Å². The maximum absolute atomic E-state index is 11.8. The van der Waals surface area contributed by atoms with Crippen LogP contribution < -0.4 is 5.32 Å². The van der Waals surface area contributed by atoms with Crippen LogP contribution in [0.1, 0.15) is 13.3 Å². The second-order valence-corrected chi connectivity index (χ2v) is 4.64. The molecule has 0 aromatic heterocycles. The molecule has 2 fully saturated rings. The van der Waals surface area contributed by atoms with Crippen molar-refractivity contribution in [3.8, 4) is 0 Å². The molecule has 1 atom stereocenters. The normalized spacial score (nSPS) is 26.1. The molecule has 0 spiro atoms. The molecule has 1 unspecified atom stereocenters. The highest BCUT2D eigenvalue weighted by molar-refractivity contribution is 6.05. The number of amides is 2. The summed E-state index contributed by atoms with van der Waals surface area (Å²) in [7, 11) is 0. The first kappa shape index (κ1) is 13.5. The third-order valence-corrected chi connectivity index (χ3v) is 3.48. The maximum Gasteiger partial charge on any atom is 0.246 e. The van der Waals surface area contributed by atoms with Gasteiger partial charge in [-0.1, -0.05) is 0 Å². The molecule has 0 radical (unpaired) electrons. The number of nitrogens with one attached hydrogen (secondary N) is 1. The van der Waals surface area contributed by atoms with Crippen molar-refractivity contribution in [1.82, 2.24) is 15.1 Å². The lowest BCUT2D eigenvalue weighted by Gasteiger charge is -2.26. The number of nitrogens with zero attached hydrogens (tertiary/aromatic N) is 2. The molecule has 0 saturated carbocycles. The third-order valence-electron chi connectivity index (χ3n) is 3.48. The Morgan fingerprint density at radius 2 is 2.06 bits per heavy atom. The van der Waals surface area contributed by atoms with Gasteiger partial charge in [-0.2, -0.15) is 0 Å². The summed E-state index contributed by atoms with van der Waals surface area (Å²) in [5.41, 5.74) is 0. The largest absolute Gasteiger partial charge is 0.379 e. The second-order valence-electron chi connectivity index (χ2n) is 4.64. The second kappa shape index (κ2) is 6.26. The van der Waals surface area contributed by atoms with E-state index in [-0.39, 0.29) is 17.9 Å². The Hall–Kier alpha value is -0.980. The SMILES string of the molecule is CCN1C(=O)CC(NCCN2CCOCC2)C1=O. The Kier molecular flexibility index (Phi) is 4.68. The van der Waals surface area contributed by atoms with E-state index in [1.807, 2.05) is 6.92 Å². The predicted molar refractivity (Wildman–Crippen MR) is 66.1 cm³/mol. The summed E-state index contributed by atoms with van der Waals surface area (Å²) in [5.74, 6) is -0.143. The molecule has 2 aliphatic heterocycles. The van der Waals surface area contributed by atoms with Crippen LogP contribution in [-0.2, 0) is 14.3 Å². The van der Waals surface area contributed by atoms with Crippen molar-refractivity contribution in [2.45, 2.75) is 19.4 Å². The number of carbonyl (C=O) groups excluding carboxylic acids is 2. The molecule has 2 saturated heterocycles. The molecule has 18 heavy (non-hydrogen) atoms. The number of carbonyl (C=O) groups is 2. The zero-order valence-corrected chi connectivity index (χ0v) is 10.9. The van der Waals surface area contributed by atoms with Crippen LogP contribution in [-0.4, -0.2) is 73.6 Å². The number of morpholine rings is 1. The van der Waals surface area contributed by atoms with Crippen LogP contribution in [0.25, 0.3) is 0 Å². The van der Waals surface area contributed by atoms with Crippen molar-refractivity contribution in [2.24, 2.45) is 0 Å². The van der Waals surface area contributed by atoms with Gasteiger partial charge in [0.2, 0.25) is 11.8 Å². The highest BCUT2D eigenvalue weighted by Crippen LogP contribution is 2.12. The standard InChI is InChI=1S/C12H21N3O3/c1-2-15-11(16)9-10(12(15)17)13-3-4-14-5-7-18-8-6-14/h10,13H,2-9H2,1H3. The van der Waals surface area contributed by atoms with E-state index in [0.717, 1.165) is 39.4 Å². The molecule has 0 bridgehead atoms. The maximum atomic E-state index is 11.8. The minimum atomic E-state index is -0.321. The smallest absolute Gasteiger partial charge is 0.246 e. The summed E-state index contributed by atoms with van der Waals surface area (Å²) in [6.45, 7) is 7.38. The van der Waals surface area contributed by atoms with Crippen molar-refractivity contribution >= 4 is 11.8 Å². The fourth-order valence-corrected chi connectivity index (χ4v) is 2.40. The van der Waals surface area contributed by atoms with Gasteiger partial charge in [0.25, 0.3) is 0 Å². The summed E-state index contributed by atoms with van der Waals surface area (Å²) in [6, 6.07) is -0.321. The Balaban J connectivity index is 1.70. The van der Waals surface area contributed by atoms with E-state index in [1.165, 1.54) is 4.90 Å². The van der Waals surface area contributed by atoms with Crippen LogP contribution in [0.2, 0.25) is 0 Å². The van der Waals surface area contributed by atoms with E-state index < -0.39 is 0 Å². The molecule has 6 nitrogen and oxygen atoms in total. The molecule has 0 aliphatic carbocycles. The van der Waals surface area contributed by atoms with Crippen molar-refractivity contribution in [1.29, 1.82) is 0 Å². The van der Waals surface area contributed by atoms with Crippen molar-refractivity contribution < 1.29 is 14.3 Å². The molecule has 2 amide bonds. The van der Waals surface area contributed by atoms with E-state index >= 15 is 0 Å². The molecule has 0 aromatic rings. The number of likely N-dealkylation sites (tertiary alicyclic amines) is 1. The average molecular weight is 255 g/mol. The first-order valence-corrected chi connectivity index (χ1v) is 6.60. The Morgan fingerprint density at radius 1 is 1.33 bits per heavy atom. The number of ether oxygens (including phenoxy) is 1. The zero-order valence-electron chi connectivity index (χ0n) is 10.9. The van der Waals surface area contributed by atoms with E-state index in [0.29, 0.717) is 13.0 Å². The average Bonchev–Trinajstić information content (AvgIpc) is 2.65. The number of hydrogen-bond acceptors (Lipinski definition) is 5. The van der Waals surface area contributed by atoms with E-state index in [4.69, 9.17) is 4.74 Å². The zero-order chi connectivity index (χ0) is 13.0. The lowest BCUT2D eigenvalue weighted by Crippen LogP contribution is -2.44. The van der Waals surface area contributed by atoms with E-state index in [1.54, 1.807) is 0 Å². The minimum Gasteiger partial charge on any atom is -0.379 e. The summed E-state index contributed by atoms with van der Waals surface area (Å²) in [4.78, 5) is 27.0. The molecule has 0 aromatic carbocycles. The molecule has 1 N–H and O–H groups in total. The monoisotopic (exact) mass is 255 g/mol. The van der Waals surface area contributed by atoms with Gasteiger partial charge in [-0.05, 0) is 6.92 Å². The molecular formula is C12H21N3O3. The van der Waals surface area contributed by atoms with Crippen molar-refractivity contribution in [3.63, 3.8) is 0 Å². The van der Waals surface area contributed by atoms with E-state index in [2.05, 4.69) is 10.2 Å². The van der Waals surface area contributed by atoms with Crippen LogP contribution in [0.4, 0.5) is 0 Å². The van der Waals surface area contributed by atoms with Gasteiger partial charge in [-0.15, -0.1) is 0 Å². The number of imide groups is 1. The van der Waals surface area contributed by atoms with Gasteiger partial charge in [0.05, 0.1) is 25.7 Å². The first-order valence-electron chi connectivity index (χ1n) is 6.60. The highest BCUT2D eigenvalue weighted by atomic mass is 16.5. The van der Waals surface area contributed by atoms with Gasteiger partial charge in [-0.3, -0.25) is 19.4 Å². The van der Waals surface area contributed by atoms with Gasteiger partial charge in [-0.25, -0.2) is 0 Å². The summed E-state index contributed by atoms with van der Waals surface area (Å²) >= 11 is 0. The number of hydrogen-bond donors (Lipinski definition) is 1. The molecule has 6 heteroatoms. The summed E-state index contributed by atoms with van der Waals surface area (Å²) < 4.78 is 5.27. The topological polar surface area (TPSA) is 61.9 Å². The fourth-order valence-electron chi connectivity index (χ4n) is 2.40. The van der Waals surface area contributed by atoms with Gasteiger partial charge >= 0.3 is 0 Å². The lowest BCUT2D eigenvalue weighted by molar-refractivity contribution is -0.138. The van der Waals surface area contributed by atoms with Crippen molar-refractivity contribution in [3.05, 3.63) is 0 Å². The van der Waals surface area contributed by atoms with Crippen LogP contribution in [0.3, 0.4) is 0 Å². The molecule has 2 rings (SSSR count). The Bertz CT molecular complexity index is 316. The van der Waals surface area contributed by atoms with Gasteiger partial charge in [0, 0.05) is 32.7 Å². The van der Waals surface area contributed by atoms with Crippen LogP contribution in [0, 0.1) is 0 Å². The van der Waals surface area contributed by atoms with Crippen molar-refractivity contribution in [2.75, 3.05) is 45.9 Å². The van der Waals surface area contributed by atoms with E-state index in [9.17, 15) is 9.59 Å². The number of rotatable bonds is 5. The van der Waals surface area contributed by atoms with Gasteiger partial charge < -0.3 is 10.1 Å². The summed E-state index contributed by atoms with van der Waals surface area (Å²) in [6.07, 6.45) is 0.301. The lowest BCUT2D eigenvalue weighted by atomic mass is 10.2. The Morgan fingerprint density at radius 3 is 2.67 bits per heavy atom. The summed E-state index contributed by atoms with van der Waals surface area (Å²) in [5, 5.41) is 3.18.